The summed E-state index contributed by atoms with van der Waals surface area (Å²) in [7, 11) is 3.11. The minimum atomic E-state index is -0.246. The van der Waals surface area contributed by atoms with Gasteiger partial charge in [-0.3, -0.25) is 9.59 Å². The van der Waals surface area contributed by atoms with Gasteiger partial charge in [0.25, 0.3) is 0 Å². The van der Waals surface area contributed by atoms with Gasteiger partial charge in [0, 0.05) is 21.9 Å². The monoisotopic (exact) mass is 516 g/mol. The van der Waals surface area contributed by atoms with Crippen molar-refractivity contribution in [1.82, 2.24) is 0 Å². The van der Waals surface area contributed by atoms with E-state index in [1.54, 1.807) is 61.2 Å². The molecule has 0 bridgehead atoms. The van der Waals surface area contributed by atoms with E-state index in [1.807, 2.05) is 59.3 Å². The molecule has 0 fully saturated rings. The molecule has 36 heavy (non-hydrogen) atoms. The first-order chi connectivity index (χ1) is 17.6. The van der Waals surface area contributed by atoms with E-state index >= 15 is 0 Å². The topological polar surface area (TPSA) is 76.7 Å². The van der Waals surface area contributed by atoms with Crippen LogP contribution in [0.15, 0.2) is 83.6 Å². The third-order valence-corrected chi connectivity index (χ3v) is 6.81. The number of hydrogen-bond donors (Lipinski definition) is 2. The number of carbonyl (C=O) groups excluding carboxylic acids is 2. The number of thiophene rings is 2. The van der Waals surface area contributed by atoms with Gasteiger partial charge in [0.1, 0.15) is 11.5 Å². The quantitative estimate of drug-likeness (QED) is 0.240. The van der Waals surface area contributed by atoms with Crippen molar-refractivity contribution in [2.24, 2.45) is 0 Å². The molecule has 0 saturated carbocycles. The predicted octanol–water partition coefficient (Wildman–Crippen LogP) is 6.80. The zero-order valence-corrected chi connectivity index (χ0v) is 21.3. The molecule has 0 unspecified atom stereocenters. The maximum Gasteiger partial charge on any atom is 0.248 e. The molecule has 8 heteroatoms. The molecule has 6 nitrogen and oxygen atoms in total. The van der Waals surface area contributed by atoms with Crippen molar-refractivity contribution in [3.8, 4) is 22.6 Å². The Kier molecular flexibility index (Phi) is 8.33. The number of carbonyl (C=O) groups is 2. The first-order valence-electron chi connectivity index (χ1n) is 11.0. The van der Waals surface area contributed by atoms with Crippen molar-refractivity contribution in [2.45, 2.75) is 0 Å². The highest BCUT2D eigenvalue weighted by atomic mass is 32.1. The molecule has 2 amide bonds. The fourth-order valence-electron chi connectivity index (χ4n) is 3.38. The van der Waals surface area contributed by atoms with Crippen molar-refractivity contribution in [1.29, 1.82) is 0 Å². The highest BCUT2D eigenvalue weighted by Crippen LogP contribution is 2.35. The van der Waals surface area contributed by atoms with E-state index in [0.29, 0.717) is 22.9 Å². The van der Waals surface area contributed by atoms with Gasteiger partial charge in [-0.05, 0) is 70.4 Å². The van der Waals surface area contributed by atoms with Crippen molar-refractivity contribution >= 4 is 58.0 Å². The minimum absolute atomic E-state index is 0.246. The van der Waals surface area contributed by atoms with Gasteiger partial charge in [0.05, 0.1) is 25.6 Å². The maximum atomic E-state index is 12.3. The number of hydrogen-bond acceptors (Lipinski definition) is 6. The van der Waals surface area contributed by atoms with Crippen LogP contribution in [-0.4, -0.2) is 26.0 Å². The minimum Gasteiger partial charge on any atom is -0.495 e. The summed E-state index contributed by atoms with van der Waals surface area (Å²) < 4.78 is 11.0. The molecule has 0 aliphatic heterocycles. The van der Waals surface area contributed by atoms with Gasteiger partial charge in [-0.1, -0.05) is 24.3 Å². The number of amides is 2. The lowest BCUT2D eigenvalue weighted by molar-refractivity contribution is -0.112. The predicted molar refractivity (Wildman–Crippen MR) is 149 cm³/mol. The molecular weight excluding hydrogens is 492 g/mol. The SMILES string of the molecule is COc1cc(-c2ccc(NC(=O)/C=C/c3cccs3)c(OC)c2)ccc1NC(=O)/C=C/c1cccs1. The Morgan fingerprint density at radius 1 is 0.694 bits per heavy atom. The van der Waals surface area contributed by atoms with Gasteiger partial charge >= 0.3 is 0 Å². The van der Waals surface area contributed by atoms with Crippen molar-refractivity contribution in [3.05, 3.63) is 93.3 Å². The van der Waals surface area contributed by atoms with E-state index in [4.69, 9.17) is 9.47 Å². The molecule has 4 aromatic rings. The molecule has 0 atom stereocenters. The van der Waals surface area contributed by atoms with Crippen LogP contribution >= 0.6 is 22.7 Å². The van der Waals surface area contributed by atoms with E-state index in [-0.39, 0.29) is 11.8 Å². The Balaban J connectivity index is 1.48. The van der Waals surface area contributed by atoms with E-state index in [1.165, 1.54) is 12.2 Å². The molecule has 2 aromatic carbocycles. The van der Waals surface area contributed by atoms with Crippen LogP contribution in [-0.2, 0) is 9.59 Å². The number of nitrogens with one attached hydrogen (secondary N) is 2. The number of rotatable bonds is 9. The first-order valence-corrected chi connectivity index (χ1v) is 12.7. The smallest absolute Gasteiger partial charge is 0.248 e. The first kappa shape index (κ1) is 25.0. The average Bonchev–Trinajstić information content (AvgIpc) is 3.61. The average molecular weight is 517 g/mol. The lowest BCUT2D eigenvalue weighted by Crippen LogP contribution is -2.09. The molecule has 2 aromatic heterocycles. The van der Waals surface area contributed by atoms with Crippen LogP contribution in [0.4, 0.5) is 11.4 Å². The Morgan fingerprint density at radius 2 is 1.14 bits per heavy atom. The van der Waals surface area contributed by atoms with Crippen LogP contribution in [0.1, 0.15) is 9.75 Å². The third-order valence-electron chi connectivity index (χ3n) is 5.14. The van der Waals surface area contributed by atoms with Crippen LogP contribution in [0, 0.1) is 0 Å². The highest BCUT2D eigenvalue weighted by molar-refractivity contribution is 7.11. The van der Waals surface area contributed by atoms with E-state index < -0.39 is 0 Å². The number of methoxy groups -OCH3 is 2. The number of ether oxygens (including phenoxy) is 2. The van der Waals surface area contributed by atoms with E-state index in [2.05, 4.69) is 10.6 Å². The van der Waals surface area contributed by atoms with Crippen LogP contribution < -0.4 is 20.1 Å². The number of benzene rings is 2. The highest BCUT2D eigenvalue weighted by Gasteiger charge is 2.12. The third kappa shape index (κ3) is 6.50. The largest absolute Gasteiger partial charge is 0.495 e. The fraction of sp³-hybridized carbons (Fsp3) is 0.0714. The van der Waals surface area contributed by atoms with Gasteiger partial charge in [-0.25, -0.2) is 0 Å². The van der Waals surface area contributed by atoms with Crippen LogP contribution in [0.5, 0.6) is 11.5 Å². The lowest BCUT2D eigenvalue weighted by atomic mass is 10.0. The summed E-state index contributed by atoms with van der Waals surface area (Å²) in [6, 6.07) is 18.8. The zero-order valence-electron chi connectivity index (χ0n) is 19.7. The Morgan fingerprint density at radius 3 is 1.50 bits per heavy atom. The molecule has 2 N–H and O–H groups in total. The van der Waals surface area contributed by atoms with Crippen molar-refractivity contribution in [3.63, 3.8) is 0 Å². The Bertz CT molecular complexity index is 1280. The Hall–Kier alpha value is -4.14. The molecule has 0 aliphatic rings. The van der Waals surface area contributed by atoms with E-state index in [0.717, 1.165) is 20.9 Å². The van der Waals surface area contributed by atoms with Gasteiger partial charge in [-0.15, -0.1) is 22.7 Å². The van der Waals surface area contributed by atoms with Crippen molar-refractivity contribution in [2.75, 3.05) is 24.9 Å². The van der Waals surface area contributed by atoms with Gasteiger partial charge in [-0.2, -0.15) is 0 Å². The van der Waals surface area contributed by atoms with Crippen LogP contribution in [0.25, 0.3) is 23.3 Å². The molecule has 182 valence electrons. The van der Waals surface area contributed by atoms with Crippen LogP contribution in [0.3, 0.4) is 0 Å². The fourth-order valence-corrected chi connectivity index (χ4v) is 4.62. The van der Waals surface area contributed by atoms with Crippen LogP contribution in [0.2, 0.25) is 0 Å². The van der Waals surface area contributed by atoms with Gasteiger partial charge in [0.2, 0.25) is 11.8 Å². The zero-order chi connectivity index (χ0) is 25.3. The van der Waals surface area contributed by atoms with Gasteiger partial charge in [0.15, 0.2) is 0 Å². The summed E-state index contributed by atoms with van der Waals surface area (Å²) in [5.74, 6) is 0.564. The molecule has 0 saturated heterocycles. The normalized spacial score (nSPS) is 11.1. The van der Waals surface area contributed by atoms with Crippen molar-refractivity contribution < 1.29 is 19.1 Å². The molecule has 0 spiro atoms. The standard InChI is InChI=1S/C28H24N2O4S2/c1-33-25-17-19(7-11-23(25)29-27(31)13-9-21-5-3-15-35-21)20-8-12-24(26(18-20)34-2)30-28(32)14-10-22-6-4-16-36-22/h3-18H,1-2H3,(H,29,31)(H,30,32)/b13-9+,14-10+. The molecule has 2 heterocycles. The molecule has 0 aliphatic carbocycles. The lowest BCUT2D eigenvalue weighted by Gasteiger charge is -2.14. The van der Waals surface area contributed by atoms with Gasteiger partial charge < -0.3 is 20.1 Å². The summed E-state index contributed by atoms with van der Waals surface area (Å²) in [5.41, 5.74) is 2.87. The summed E-state index contributed by atoms with van der Waals surface area (Å²) in [4.78, 5) is 26.7. The summed E-state index contributed by atoms with van der Waals surface area (Å²) in [6.07, 6.45) is 6.52. The molecular formula is C28H24N2O4S2. The summed E-state index contributed by atoms with van der Waals surface area (Å²) in [6.45, 7) is 0. The second kappa shape index (κ2) is 12.0. The Labute approximate surface area is 217 Å². The summed E-state index contributed by atoms with van der Waals surface area (Å²) in [5, 5.41) is 9.62. The molecule has 4 rings (SSSR count). The van der Waals surface area contributed by atoms with E-state index in [9.17, 15) is 9.59 Å². The molecule has 0 radical (unpaired) electrons. The number of anilines is 2. The second-order valence-corrected chi connectivity index (χ2v) is 9.46. The summed E-state index contributed by atoms with van der Waals surface area (Å²) >= 11 is 3.12. The second-order valence-electron chi connectivity index (χ2n) is 7.51. The maximum absolute atomic E-state index is 12.3.